The van der Waals surface area contributed by atoms with Crippen LogP contribution in [0.15, 0.2) is 68.6 Å². The third kappa shape index (κ3) is 4.64. The number of nitrogens with one attached hydrogen (secondary N) is 2. The van der Waals surface area contributed by atoms with Gasteiger partial charge in [0.15, 0.2) is 0 Å². The van der Waals surface area contributed by atoms with E-state index in [-0.39, 0.29) is 17.1 Å². The molecule has 3 rings (SSSR count). The molecule has 1 heterocycles. The quantitative estimate of drug-likeness (QED) is 0.568. The first-order chi connectivity index (χ1) is 13.3. The first-order valence-corrected chi connectivity index (χ1v) is 10.1. The lowest BCUT2D eigenvalue weighted by molar-refractivity contribution is 0.102. The lowest BCUT2D eigenvalue weighted by atomic mass is 10.2. The molecule has 0 aliphatic heterocycles. The van der Waals surface area contributed by atoms with Crippen LogP contribution in [0.25, 0.3) is 0 Å². The summed E-state index contributed by atoms with van der Waals surface area (Å²) >= 11 is 3.09. The standard InChI is InChI=1S/C18H13BrF2N2O4S/c19-11-3-6-17(16(21)8-11)23-18(24)14-9-13(4-5-15(14)20)28(25,26)22-10-12-2-1-7-27-12/h1-9,22H,10H2,(H,23,24). The van der Waals surface area contributed by atoms with Crippen molar-refractivity contribution in [2.75, 3.05) is 5.32 Å². The van der Waals surface area contributed by atoms with Gasteiger partial charge in [-0.15, -0.1) is 0 Å². The third-order valence-corrected chi connectivity index (χ3v) is 5.58. The van der Waals surface area contributed by atoms with Gasteiger partial charge in [-0.25, -0.2) is 21.9 Å². The highest BCUT2D eigenvalue weighted by Crippen LogP contribution is 2.22. The summed E-state index contributed by atoms with van der Waals surface area (Å²) in [6, 6.07) is 9.86. The highest BCUT2D eigenvalue weighted by atomic mass is 79.9. The molecule has 0 unspecified atom stereocenters. The van der Waals surface area contributed by atoms with Gasteiger partial charge in [-0.1, -0.05) is 15.9 Å². The highest BCUT2D eigenvalue weighted by molar-refractivity contribution is 9.10. The fraction of sp³-hybridized carbons (Fsp3) is 0.0556. The smallest absolute Gasteiger partial charge is 0.258 e. The Labute approximate surface area is 167 Å². The monoisotopic (exact) mass is 470 g/mol. The molecular formula is C18H13BrF2N2O4S. The molecule has 0 aliphatic carbocycles. The second-order valence-electron chi connectivity index (χ2n) is 5.62. The summed E-state index contributed by atoms with van der Waals surface area (Å²) in [5.74, 6) is -2.27. The number of halogens is 3. The largest absolute Gasteiger partial charge is 0.468 e. The average molecular weight is 471 g/mol. The maximum absolute atomic E-state index is 14.1. The van der Waals surface area contributed by atoms with Crippen LogP contribution in [0.1, 0.15) is 16.1 Å². The Bertz CT molecular complexity index is 1120. The number of sulfonamides is 1. The molecule has 0 atom stereocenters. The Balaban J connectivity index is 1.83. The van der Waals surface area contributed by atoms with Gasteiger partial charge in [0.25, 0.3) is 5.91 Å². The van der Waals surface area contributed by atoms with Crippen molar-refractivity contribution in [1.82, 2.24) is 4.72 Å². The first-order valence-electron chi connectivity index (χ1n) is 7.84. The number of amides is 1. The molecule has 0 bridgehead atoms. The zero-order valence-electron chi connectivity index (χ0n) is 14.1. The van der Waals surface area contributed by atoms with E-state index in [0.29, 0.717) is 10.2 Å². The predicted octanol–water partition coefficient (Wildman–Crippen LogP) is 4.05. The number of rotatable bonds is 6. The first kappa shape index (κ1) is 20.2. The normalized spacial score (nSPS) is 11.4. The number of benzene rings is 2. The third-order valence-electron chi connectivity index (χ3n) is 3.69. The molecule has 0 spiro atoms. The second-order valence-corrected chi connectivity index (χ2v) is 8.31. The number of hydrogen-bond donors (Lipinski definition) is 2. The molecule has 0 fully saturated rings. The molecule has 0 radical (unpaired) electrons. The summed E-state index contributed by atoms with van der Waals surface area (Å²) in [6.45, 7) is -0.113. The zero-order chi connectivity index (χ0) is 20.3. The fourth-order valence-corrected chi connectivity index (χ4v) is 3.64. The summed E-state index contributed by atoms with van der Waals surface area (Å²) < 4.78 is 60.5. The molecule has 1 aromatic heterocycles. The van der Waals surface area contributed by atoms with Gasteiger partial charge in [-0.2, -0.15) is 0 Å². The van der Waals surface area contributed by atoms with E-state index in [1.54, 1.807) is 12.1 Å². The summed E-state index contributed by atoms with van der Waals surface area (Å²) in [6.07, 6.45) is 1.39. The molecule has 1 amide bonds. The van der Waals surface area contributed by atoms with Crippen LogP contribution in [-0.2, 0) is 16.6 Å². The minimum atomic E-state index is -4.03. The Morgan fingerprint density at radius 2 is 1.86 bits per heavy atom. The van der Waals surface area contributed by atoms with E-state index in [1.807, 2.05) is 0 Å². The van der Waals surface area contributed by atoms with Crippen molar-refractivity contribution in [3.8, 4) is 0 Å². The molecule has 28 heavy (non-hydrogen) atoms. The number of carbonyl (C=O) groups excluding carboxylic acids is 1. The molecule has 2 aromatic carbocycles. The van der Waals surface area contributed by atoms with Crippen LogP contribution in [0.2, 0.25) is 0 Å². The maximum atomic E-state index is 14.1. The van der Waals surface area contributed by atoms with E-state index in [0.717, 1.165) is 24.3 Å². The van der Waals surface area contributed by atoms with Gasteiger partial charge < -0.3 is 9.73 Å². The maximum Gasteiger partial charge on any atom is 0.258 e. The van der Waals surface area contributed by atoms with Crippen LogP contribution < -0.4 is 10.0 Å². The van der Waals surface area contributed by atoms with Crippen molar-refractivity contribution in [2.24, 2.45) is 0 Å². The Morgan fingerprint density at radius 3 is 2.54 bits per heavy atom. The molecule has 10 heteroatoms. The summed E-state index contributed by atoms with van der Waals surface area (Å²) in [5, 5.41) is 2.22. The van der Waals surface area contributed by atoms with Crippen LogP contribution in [-0.4, -0.2) is 14.3 Å². The van der Waals surface area contributed by atoms with Gasteiger partial charge in [-0.3, -0.25) is 4.79 Å². The van der Waals surface area contributed by atoms with Crippen LogP contribution in [0, 0.1) is 11.6 Å². The lowest BCUT2D eigenvalue weighted by Crippen LogP contribution is -2.24. The fourth-order valence-electron chi connectivity index (χ4n) is 2.29. The summed E-state index contributed by atoms with van der Waals surface area (Å²) in [7, 11) is -4.03. The van der Waals surface area contributed by atoms with Gasteiger partial charge >= 0.3 is 0 Å². The number of furan rings is 1. The molecule has 2 N–H and O–H groups in total. The summed E-state index contributed by atoms with van der Waals surface area (Å²) in [5.41, 5.74) is -0.708. The van der Waals surface area contributed by atoms with Crippen molar-refractivity contribution in [2.45, 2.75) is 11.4 Å². The zero-order valence-corrected chi connectivity index (χ0v) is 16.5. The number of carbonyl (C=O) groups is 1. The molecule has 146 valence electrons. The lowest BCUT2D eigenvalue weighted by Gasteiger charge is -2.10. The van der Waals surface area contributed by atoms with Crippen LogP contribution in [0.4, 0.5) is 14.5 Å². The van der Waals surface area contributed by atoms with Crippen molar-refractivity contribution >= 4 is 37.5 Å². The molecule has 0 saturated heterocycles. The van der Waals surface area contributed by atoms with Gasteiger partial charge in [-0.05, 0) is 48.5 Å². The molecule has 0 saturated carbocycles. The van der Waals surface area contributed by atoms with Crippen molar-refractivity contribution < 1.29 is 26.4 Å². The van der Waals surface area contributed by atoms with Crippen LogP contribution in [0.3, 0.4) is 0 Å². The Kier molecular flexibility index (Phi) is 5.92. The molecular weight excluding hydrogens is 458 g/mol. The van der Waals surface area contributed by atoms with E-state index in [4.69, 9.17) is 4.42 Å². The minimum absolute atomic E-state index is 0.113. The SMILES string of the molecule is O=C(Nc1ccc(Br)cc1F)c1cc(S(=O)(=O)NCc2ccco2)ccc1F. The van der Waals surface area contributed by atoms with Gasteiger partial charge in [0, 0.05) is 4.47 Å². The molecule has 3 aromatic rings. The number of hydrogen-bond acceptors (Lipinski definition) is 4. The van der Waals surface area contributed by atoms with Crippen molar-refractivity contribution in [3.63, 3.8) is 0 Å². The van der Waals surface area contributed by atoms with Crippen LogP contribution in [0.5, 0.6) is 0 Å². The number of anilines is 1. The van der Waals surface area contributed by atoms with Crippen molar-refractivity contribution in [3.05, 3.63) is 82.2 Å². The van der Waals surface area contributed by atoms with Gasteiger partial charge in [0.1, 0.15) is 17.4 Å². The molecule has 6 nitrogen and oxygen atoms in total. The van der Waals surface area contributed by atoms with Crippen LogP contribution >= 0.6 is 15.9 Å². The van der Waals surface area contributed by atoms with Gasteiger partial charge in [0.05, 0.1) is 29.0 Å². The van der Waals surface area contributed by atoms with E-state index < -0.39 is 33.1 Å². The predicted molar refractivity (Wildman–Crippen MR) is 101 cm³/mol. The van der Waals surface area contributed by atoms with Crippen molar-refractivity contribution in [1.29, 1.82) is 0 Å². The van der Waals surface area contributed by atoms with E-state index in [1.165, 1.54) is 18.4 Å². The topological polar surface area (TPSA) is 88.4 Å². The Hall–Kier alpha value is -2.56. The second kappa shape index (κ2) is 8.21. The van der Waals surface area contributed by atoms with E-state index in [9.17, 15) is 22.0 Å². The van der Waals surface area contributed by atoms with E-state index in [2.05, 4.69) is 26.0 Å². The van der Waals surface area contributed by atoms with Gasteiger partial charge in [0.2, 0.25) is 10.0 Å². The van der Waals surface area contributed by atoms with E-state index >= 15 is 0 Å². The highest BCUT2D eigenvalue weighted by Gasteiger charge is 2.20. The summed E-state index contributed by atoms with van der Waals surface area (Å²) in [4.78, 5) is 12.0. The average Bonchev–Trinajstić information content (AvgIpc) is 3.16. The minimum Gasteiger partial charge on any atom is -0.468 e. The molecule has 0 aliphatic rings. The Morgan fingerprint density at radius 1 is 1.07 bits per heavy atom.